The van der Waals surface area contributed by atoms with Gasteiger partial charge in [0.15, 0.2) is 11.5 Å². The number of ether oxygens (including phenoxy) is 3. The molecule has 2 aromatic rings. The number of morpholine rings is 1. The van der Waals surface area contributed by atoms with E-state index in [1.807, 2.05) is 24.3 Å². The second-order valence-electron chi connectivity index (χ2n) is 8.96. The van der Waals surface area contributed by atoms with Crippen LogP contribution >= 0.6 is 0 Å². The van der Waals surface area contributed by atoms with Crippen LogP contribution in [0, 0.1) is 0 Å². The molecule has 1 aliphatic carbocycles. The molecule has 5 rings (SSSR count). The Hall–Kier alpha value is -2.57. The normalized spacial score (nSPS) is 21.4. The molecule has 2 heterocycles. The number of benzene rings is 2. The van der Waals surface area contributed by atoms with E-state index in [0.29, 0.717) is 32.9 Å². The highest BCUT2D eigenvalue weighted by atomic mass is 16.6. The fraction of sp³-hybridized carbons (Fsp3) is 0.500. The number of rotatable bonds is 6. The topological polar surface area (TPSA) is 51.2 Å². The number of carbonyl (C=O) groups excluding carboxylic acids is 1. The predicted molar refractivity (Wildman–Crippen MR) is 122 cm³/mol. The van der Waals surface area contributed by atoms with Crippen molar-refractivity contribution in [2.75, 3.05) is 32.9 Å². The van der Waals surface area contributed by atoms with Crippen molar-refractivity contribution >= 4 is 5.91 Å². The summed E-state index contributed by atoms with van der Waals surface area (Å²) in [6.07, 6.45) is 4.08. The van der Waals surface area contributed by atoms with Crippen molar-refractivity contribution < 1.29 is 19.0 Å². The Morgan fingerprint density at radius 3 is 2.53 bits per heavy atom. The van der Waals surface area contributed by atoms with E-state index >= 15 is 0 Å². The molecule has 1 unspecified atom stereocenters. The molecule has 1 saturated heterocycles. The molecule has 170 valence electrons. The number of nitrogens with zero attached hydrogens (tertiary/aromatic N) is 2. The quantitative estimate of drug-likeness (QED) is 0.692. The van der Waals surface area contributed by atoms with Crippen LogP contribution in [0.4, 0.5) is 0 Å². The van der Waals surface area contributed by atoms with Gasteiger partial charge in [0.2, 0.25) is 0 Å². The third-order valence-corrected chi connectivity index (χ3v) is 6.68. The minimum Gasteiger partial charge on any atom is -0.486 e. The van der Waals surface area contributed by atoms with E-state index in [-0.39, 0.29) is 11.9 Å². The Morgan fingerprint density at radius 2 is 1.72 bits per heavy atom. The molecule has 6 heteroatoms. The van der Waals surface area contributed by atoms with Crippen LogP contribution < -0.4 is 9.47 Å². The Morgan fingerprint density at radius 1 is 0.938 bits per heavy atom. The highest BCUT2D eigenvalue weighted by Crippen LogP contribution is 2.33. The molecule has 0 aromatic heterocycles. The minimum absolute atomic E-state index is 0.115. The number of hydrogen-bond acceptors (Lipinski definition) is 5. The van der Waals surface area contributed by atoms with Crippen molar-refractivity contribution in [1.29, 1.82) is 0 Å². The molecule has 2 aromatic carbocycles. The molecule has 3 aliphatic rings. The van der Waals surface area contributed by atoms with Crippen LogP contribution in [-0.4, -0.2) is 60.8 Å². The first-order valence-corrected chi connectivity index (χ1v) is 11.8. The fourth-order valence-corrected chi connectivity index (χ4v) is 5.01. The van der Waals surface area contributed by atoms with E-state index in [1.165, 1.54) is 18.4 Å². The Kier molecular flexibility index (Phi) is 6.60. The zero-order chi connectivity index (χ0) is 21.8. The molecule has 0 radical (unpaired) electrons. The van der Waals surface area contributed by atoms with E-state index < -0.39 is 6.10 Å². The highest BCUT2D eigenvalue weighted by molar-refractivity contribution is 5.81. The van der Waals surface area contributed by atoms with Crippen molar-refractivity contribution in [3.63, 3.8) is 0 Å². The first-order chi connectivity index (χ1) is 15.8. The largest absolute Gasteiger partial charge is 0.486 e. The monoisotopic (exact) mass is 436 g/mol. The van der Waals surface area contributed by atoms with Crippen LogP contribution in [0.25, 0.3) is 0 Å². The maximum Gasteiger partial charge on any atom is 0.253 e. The molecule has 2 aliphatic heterocycles. The second-order valence-corrected chi connectivity index (χ2v) is 8.96. The molecule has 1 atom stereocenters. The lowest BCUT2D eigenvalue weighted by Crippen LogP contribution is -2.52. The zero-order valence-corrected chi connectivity index (χ0v) is 18.6. The molecule has 0 bridgehead atoms. The van der Waals surface area contributed by atoms with Crippen molar-refractivity contribution in [2.45, 2.75) is 50.9 Å². The summed E-state index contributed by atoms with van der Waals surface area (Å²) in [6, 6.07) is 16.7. The Labute approximate surface area is 190 Å². The van der Waals surface area contributed by atoms with Crippen LogP contribution in [0.1, 0.15) is 36.8 Å². The number of carbonyl (C=O) groups is 1. The molecule has 2 fully saturated rings. The Balaban J connectivity index is 1.29. The third kappa shape index (κ3) is 4.92. The molecule has 1 saturated carbocycles. The van der Waals surface area contributed by atoms with Gasteiger partial charge in [-0.15, -0.1) is 0 Å². The maximum absolute atomic E-state index is 13.7. The molecular formula is C26H32N2O4. The van der Waals surface area contributed by atoms with E-state index in [2.05, 4.69) is 34.1 Å². The zero-order valence-electron chi connectivity index (χ0n) is 18.6. The molecule has 1 amide bonds. The lowest BCUT2D eigenvalue weighted by Gasteiger charge is -2.37. The molecular weight excluding hydrogens is 404 g/mol. The van der Waals surface area contributed by atoms with Gasteiger partial charge in [0.25, 0.3) is 5.91 Å². The van der Waals surface area contributed by atoms with E-state index in [0.717, 1.165) is 43.0 Å². The van der Waals surface area contributed by atoms with Crippen molar-refractivity contribution in [2.24, 2.45) is 0 Å². The van der Waals surface area contributed by atoms with Crippen LogP contribution in [0.5, 0.6) is 11.5 Å². The van der Waals surface area contributed by atoms with E-state index in [1.54, 1.807) is 0 Å². The lowest BCUT2D eigenvalue weighted by atomic mass is 10.1. The van der Waals surface area contributed by atoms with Crippen LogP contribution in [0.2, 0.25) is 0 Å². The summed E-state index contributed by atoms with van der Waals surface area (Å²) in [5.41, 5.74) is 2.34. The van der Waals surface area contributed by atoms with Gasteiger partial charge in [0, 0.05) is 32.2 Å². The SMILES string of the molecule is O=C(C1CN(Cc2ccccc2)CCO1)N(Cc1ccc2c(c1)OCCO2)C1CCCC1. The van der Waals surface area contributed by atoms with Crippen LogP contribution in [0.3, 0.4) is 0 Å². The number of fused-ring (bicyclic) bond motifs is 1. The minimum atomic E-state index is -0.412. The maximum atomic E-state index is 13.7. The van der Waals surface area contributed by atoms with Crippen LogP contribution in [-0.2, 0) is 22.6 Å². The van der Waals surface area contributed by atoms with Crippen molar-refractivity contribution in [3.05, 3.63) is 59.7 Å². The third-order valence-electron chi connectivity index (χ3n) is 6.68. The fourth-order valence-electron chi connectivity index (χ4n) is 5.01. The van der Waals surface area contributed by atoms with Gasteiger partial charge in [-0.2, -0.15) is 0 Å². The number of amides is 1. The summed E-state index contributed by atoms with van der Waals surface area (Å²) in [5, 5.41) is 0. The average molecular weight is 437 g/mol. The first-order valence-electron chi connectivity index (χ1n) is 11.8. The van der Waals surface area contributed by atoms with Gasteiger partial charge in [-0.25, -0.2) is 0 Å². The predicted octanol–water partition coefficient (Wildman–Crippen LogP) is 3.63. The van der Waals surface area contributed by atoms with E-state index in [4.69, 9.17) is 14.2 Å². The van der Waals surface area contributed by atoms with Gasteiger partial charge < -0.3 is 19.1 Å². The number of hydrogen-bond donors (Lipinski definition) is 0. The summed E-state index contributed by atoms with van der Waals surface area (Å²) in [5.74, 6) is 1.67. The van der Waals surface area contributed by atoms with Gasteiger partial charge in [-0.3, -0.25) is 9.69 Å². The highest BCUT2D eigenvalue weighted by Gasteiger charge is 2.35. The second kappa shape index (κ2) is 9.92. The summed E-state index contributed by atoms with van der Waals surface area (Å²) < 4.78 is 17.4. The van der Waals surface area contributed by atoms with E-state index in [9.17, 15) is 4.79 Å². The molecule has 0 N–H and O–H groups in total. The van der Waals surface area contributed by atoms with Gasteiger partial charge in [-0.1, -0.05) is 49.2 Å². The van der Waals surface area contributed by atoms with Crippen molar-refractivity contribution in [3.8, 4) is 11.5 Å². The lowest BCUT2D eigenvalue weighted by molar-refractivity contribution is -0.152. The molecule has 0 spiro atoms. The summed E-state index contributed by atoms with van der Waals surface area (Å²) in [4.78, 5) is 18.1. The van der Waals surface area contributed by atoms with Crippen LogP contribution in [0.15, 0.2) is 48.5 Å². The van der Waals surface area contributed by atoms with Crippen molar-refractivity contribution in [1.82, 2.24) is 9.80 Å². The molecule has 32 heavy (non-hydrogen) atoms. The average Bonchev–Trinajstić information content (AvgIpc) is 3.37. The van der Waals surface area contributed by atoms with Gasteiger partial charge in [0.05, 0.1) is 6.61 Å². The van der Waals surface area contributed by atoms with Gasteiger partial charge in [0.1, 0.15) is 19.3 Å². The summed E-state index contributed by atoms with van der Waals surface area (Å²) in [6.45, 7) is 4.65. The smallest absolute Gasteiger partial charge is 0.253 e. The summed E-state index contributed by atoms with van der Waals surface area (Å²) >= 11 is 0. The first kappa shape index (κ1) is 21.3. The summed E-state index contributed by atoms with van der Waals surface area (Å²) in [7, 11) is 0. The standard InChI is InChI=1S/C26H32N2O4/c29-26(25-19-27(12-13-30-25)17-20-6-2-1-3-7-20)28(22-8-4-5-9-22)18-21-10-11-23-24(16-21)32-15-14-31-23/h1-3,6-7,10-11,16,22,25H,4-5,8-9,12-15,17-19H2. The Bertz CT molecular complexity index is 913. The van der Waals surface area contributed by atoms with Gasteiger partial charge >= 0.3 is 0 Å². The van der Waals surface area contributed by atoms with Gasteiger partial charge in [-0.05, 0) is 36.1 Å². The molecule has 6 nitrogen and oxygen atoms in total.